The van der Waals surface area contributed by atoms with Gasteiger partial charge in [-0.25, -0.2) is 4.79 Å². The summed E-state index contributed by atoms with van der Waals surface area (Å²) < 4.78 is 9.49. The number of esters is 1. The van der Waals surface area contributed by atoms with E-state index in [9.17, 15) is 19.7 Å². The summed E-state index contributed by atoms with van der Waals surface area (Å²) in [6, 6.07) is 2.32. The second kappa shape index (κ2) is 7.58. The zero-order valence-electron chi connectivity index (χ0n) is 12.1. The Hall–Kier alpha value is -2.38. The summed E-state index contributed by atoms with van der Waals surface area (Å²) in [6.45, 7) is -0.427. The fourth-order valence-electron chi connectivity index (χ4n) is 2.43. The van der Waals surface area contributed by atoms with E-state index < -0.39 is 23.4 Å². The van der Waals surface area contributed by atoms with Gasteiger partial charge >= 0.3 is 11.9 Å². The molecular formula is C14H18N2O6. The summed E-state index contributed by atoms with van der Waals surface area (Å²) >= 11 is 0. The Labute approximate surface area is 127 Å². The minimum atomic E-state index is -0.899. The van der Waals surface area contributed by atoms with Crippen molar-refractivity contribution < 1.29 is 23.7 Å². The van der Waals surface area contributed by atoms with Gasteiger partial charge in [-0.15, -0.1) is 0 Å². The third-order valence-electron chi connectivity index (χ3n) is 3.53. The maximum absolute atomic E-state index is 11.7. The largest absolute Gasteiger partial charge is 0.450 e. The van der Waals surface area contributed by atoms with E-state index in [4.69, 9.17) is 9.15 Å². The molecule has 0 aromatic carbocycles. The average molecular weight is 310 g/mol. The van der Waals surface area contributed by atoms with Crippen LogP contribution in [0.3, 0.4) is 0 Å². The van der Waals surface area contributed by atoms with Crippen molar-refractivity contribution in [2.45, 2.75) is 44.6 Å². The molecule has 22 heavy (non-hydrogen) atoms. The van der Waals surface area contributed by atoms with Gasteiger partial charge in [-0.3, -0.25) is 14.9 Å². The van der Waals surface area contributed by atoms with Crippen LogP contribution in [0.4, 0.5) is 5.88 Å². The Morgan fingerprint density at radius 3 is 2.55 bits per heavy atom. The van der Waals surface area contributed by atoms with Gasteiger partial charge in [0.25, 0.3) is 5.91 Å². The minimum absolute atomic E-state index is 0.124. The van der Waals surface area contributed by atoms with Crippen LogP contribution in [0, 0.1) is 10.1 Å². The van der Waals surface area contributed by atoms with Gasteiger partial charge in [0.15, 0.2) is 6.61 Å². The minimum Gasteiger partial charge on any atom is -0.450 e. The number of furan rings is 1. The van der Waals surface area contributed by atoms with E-state index in [1.165, 1.54) is 12.8 Å². The first-order valence-corrected chi connectivity index (χ1v) is 7.27. The van der Waals surface area contributed by atoms with Gasteiger partial charge in [0, 0.05) is 6.04 Å². The van der Waals surface area contributed by atoms with E-state index in [-0.39, 0.29) is 17.7 Å². The number of nitrogens with one attached hydrogen (secondary N) is 1. The molecule has 0 unspecified atom stereocenters. The zero-order valence-corrected chi connectivity index (χ0v) is 12.1. The van der Waals surface area contributed by atoms with Crippen molar-refractivity contribution in [1.29, 1.82) is 0 Å². The third-order valence-corrected chi connectivity index (χ3v) is 3.53. The fraction of sp³-hybridized carbons (Fsp3) is 0.571. The Kier molecular flexibility index (Phi) is 5.51. The number of nitrogens with zero attached hydrogens (tertiary/aromatic N) is 1. The highest BCUT2D eigenvalue weighted by Crippen LogP contribution is 2.18. The molecule has 1 fully saturated rings. The average Bonchev–Trinajstić information content (AvgIpc) is 2.85. The summed E-state index contributed by atoms with van der Waals surface area (Å²) in [7, 11) is 0. The monoisotopic (exact) mass is 310 g/mol. The molecule has 1 amide bonds. The molecule has 1 saturated carbocycles. The molecule has 8 heteroatoms. The molecule has 1 aromatic rings. The van der Waals surface area contributed by atoms with Crippen LogP contribution in [0.5, 0.6) is 0 Å². The van der Waals surface area contributed by atoms with E-state index in [0.717, 1.165) is 37.8 Å². The predicted octanol–water partition coefficient (Wildman–Crippen LogP) is 2.18. The highest BCUT2D eigenvalue weighted by Gasteiger charge is 2.20. The van der Waals surface area contributed by atoms with Crippen molar-refractivity contribution in [3.05, 3.63) is 28.0 Å². The van der Waals surface area contributed by atoms with Crippen LogP contribution in [-0.4, -0.2) is 29.4 Å². The van der Waals surface area contributed by atoms with Gasteiger partial charge in [-0.05, 0) is 18.9 Å². The second-order valence-corrected chi connectivity index (χ2v) is 5.23. The maximum atomic E-state index is 11.7. The van der Waals surface area contributed by atoms with Crippen molar-refractivity contribution in [1.82, 2.24) is 5.32 Å². The molecular weight excluding hydrogens is 292 g/mol. The summed E-state index contributed by atoms with van der Waals surface area (Å²) in [5.41, 5.74) is 0. The first-order valence-electron chi connectivity index (χ1n) is 7.27. The van der Waals surface area contributed by atoms with Gasteiger partial charge in [0.1, 0.15) is 4.92 Å². The summed E-state index contributed by atoms with van der Waals surface area (Å²) in [5, 5.41) is 13.3. The van der Waals surface area contributed by atoms with Crippen LogP contribution in [0.25, 0.3) is 0 Å². The number of ether oxygens (including phenoxy) is 1. The smallest absolute Gasteiger partial charge is 0.433 e. The Balaban J connectivity index is 1.77. The van der Waals surface area contributed by atoms with Crippen molar-refractivity contribution in [3.8, 4) is 0 Å². The fourth-order valence-corrected chi connectivity index (χ4v) is 2.43. The molecule has 0 saturated heterocycles. The Morgan fingerprint density at radius 2 is 1.95 bits per heavy atom. The molecule has 0 spiro atoms. The number of hydrogen-bond donors (Lipinski definition) is 1. The van der Waals surface area contributed by atoms with E-state index >= 15 is 0 Å². The first-order chi connectivity index (χ1) is 10.6. The Bertz CT molecular complexity index is 545. The second-order valence-electron chi connectivity index (χ2n) is 5.23. The molecule has 0 bridgehead atoms. The third kappa shape index (κ3) is 4.57. The van der Waals surface area contributed by atoms with Gasteiger partial charge in [0.05, 0.1) is 6.07 Å². The molecule has 0 radical (unpaired) electrons. The molecule has 1 aliphatic rings. The normalized spacial score (nSPS) is 15.8. The van der Waals surface area contributed by atoms with Crippen LogP contribution in [0.1, 0.15) is 49.1 Å². The highest BCUT2D eigenvalue weighted by atomic mass is 16.7. The Morgan fingerprint density at radius 1 is 1.27 bits per heavy atom. The molecule has 1 heterocycles. The van der Waals surface area contributed by atoms with E-state index in [2.05, 4.69) is 5.32 Å². The lowest BCUT2D eigenvalue weighted by molar-refractivity contribution is -0.402. The van der Waals surface area contributed by atoms with Crippen molar-refractivity contribution >= 4 is 17.8 Å². The van der Waals surface area contributed by atoms with E-state index in [0.29, 0.717) is 0 Å². The molecule has 1 N–H and O–H groups in total. The van der Waals surface area contributed by atoms with Crippen LogP contribution in [0.15, 0.2) is 16.5 Å². The highest BCUT2D eigenvalue weighted by molar-refractivity contribution is 5.89. The number of hydrogen-bond acceptors (Lipinski definition) is 6. The van der Waals surface area contributed by atoms with E-state index in [1.807, 2.05) is 0 Å². The van der Waals surface area contributed by atoms with Crippen LogP contribution in [-0.2, 0) is 9.53 Å². The molecule has 2 rings (SSSR count). The van der Waals surface area contributed by atoms with Gasteiger partial charge < -0.3 is 14.5 Å². The van der Waals surface area contributed by atoms with Crippen LogP contribution < -0.4 is 5.32 Å². The maximum Gasteiger partial charge on any atom is 0.433 e. The lowest BCUT2D eigenvalue weighted by Gasteiger charge is -2.15. The molecule has 120 valence electrons. The molecule has 0 atom stereocenters. The number of nitro groups is 1. The SMILES string of the molecule is O=C(COC(=O)c1ccc([N+](=O)[O-])o1)NC1CCCCCC1. The predicted molar refractivity (Wildman–Crippen MR) is 75.3 cm³/mol. The quantitative estimate of drug-likeness (QED) is 0.386. The van der Waals surface area contributed by atoms with Gasteiger partial charge in [-0.2, -0.15) is 0 Å². The van der Waals surface area contributed by atoms with Crippen molar-refractivity contribution in [2.24, 2.45) is 0 Å². The van der Waals surface area contributed by atoms with E-state index in [1.54, 1.807) is 0 Å². The number of carbonyl (C=O) groups excluding carboxylic acids is 2. The first kappa shape index (κ1) is 16.0. The lowest BCUT2D eigenvalue weighted by Crippen LogP contribution is -2.37. The summed E-state index contributed by atoms with van der Waals surface area (Å²) in [4.78, 5) is 33.1. The molecule has 1 aliphatic carbocycles. The number of carbonyl (C=O) groups is 2. The van der Waals surface area contributed by atoms with Crippen molar-refractivity contribution in [3.63, 3.8) is 0 Å². The molecule has 1 aromatic heterocycles. The topological polar surface area (TPSA) is 112 Å². The molecule has 8 nitrogen and oxygen atoms in total. The van der Waals surface area contributed by atoms with Gasteiger partial charge in [0.2, 0.25) is 5.76 Å². The van der Waals surface area contributed by atoms with Crippen LogP contribution >= 0.6 is 0 Å². The standard InChI is InChI=1S/C14H18N2O6/c17-12(15-10-5-3-1-2-4-6-10)9-21-14(18)11-7-8-13(22-11)16(19)20/h7-8,10H,1-6,9H2,(H,15,17). The van der Waals surface area contributed by atoms with Gasteiger partial charge in [-0.1, -0.05) is 25.7 Å². The number of rotatable bonds is 5. The number of amides is 1. The van der Waals surface area contributed by atoms with Crippen LogP contribution in [0.2, 0.25) is 0 Å². The summed E-state index contributed by atoms with van der Waals surface area (Å²) in [6.07, 6.45) is 6.40. The zero-order chi connectivity index (χ0) is 15.9. The lowest BCUT2D eigenvalue weighted by atomic mass is 10.1. The molecule has 0 aliphatic heterocycles. The van der Waals surface area contributed by atoms with Crippen molar-refractivity contribution in [2.75, 3.05) is 6.61 Å². The summed E-state index contributed by atoms with van der Waals surface area (Å²) in [5.74, 6) is -2.12.